The highest BCUT2D eigenvalue weighted by Crippen LogP contribution is 2.52. The van der Waals surface area contributed by atoms with Gasteiger partial charge in [-0.1, -0.05) is 98.8 Å². The van der Waals surface area contributed by atoms with Gasteiger partial charge in [-0.05, 0) is 104 Å². The Hall–Kier alpha value is -5.25. The topological polar surface area (TPSA) is 16.1 Å². The number of rotatable bonds is 4. The quantitative estimate of drug-likeness (QED) is 0.201. The van der Waals surface area contributed by atoms with Gasteiger partial charge >= 0.3 is 0 Å². The van der Waals surface area contributed by atoms with E-state index in [0.29, 0.717) is 0 Å². The third-order valence-electron chi connectivity index (χ3n) is 9.43. The van der Waals surface area contributed by atoms with Gasteiger partial charge in [0.05, 0.1) is 10.2 Å². The van der Waals surface area contributed by atoms with Crippen molar-refractivity contribution in [3.63, 3.8) is 0 Å². The van der Waals surface area contributed by atoms with Crippen molar-refractivity contribution >= 4 is 60.2 Å². The van der Waals surface area contributed by atoms with E-state index in [4.69, 9.17) is 4.98 Å². The molecule has 0 amide bonds. The second-order valence-corrected chi connectivity index (χ2v) is 13.5. The molecule has 1 aromatic heterocycles. The van der Waals surface area contributed by atoms with Gasteiger partial charge in [-0.2, -0.15) is 0 Å². The molecule has 0 unspecified atom stereocenters. The maximum absolute atomic E-state index is 5.20. The summed E-state index contributed by atoms with van der Waals surface area (Å²) in [6.45, 7) is 4.71. The number of hydrogen-bond donors (Lipinski definition) is 0. The molecule has 1 aliphatic rings. The zero-order chi connectivity index (χ0) is 30.1. The van der Waals surface area contributed by atoms with Crippen molar-refractivity contribution in [2.75, 3.05) is 4.90 Å². The van der Waals surface area contributed by atoms with Crippen molar-refractivity contribution < 1.29 is 0 Å². The van der Waals surface area contributed by atoms with Crippen LogP contribution in [0.3, 0.4) is 0 Å². The number of benzene rings is 7. The highest BCUT2D eigenvalue weighted by Gasteiger charge is 2.36. The number of fused-ring (bicyclic) bond motifs is 6. The lowest BCUT2D eigenvalue weighted by atomic mass is 9.82. The lowest BCUT2D eigenvalue weighted by molar-refractivity contribution is 0.662. The Kier molecular flexibility index (Phi) is 5.75. The molecule has 1 aliphatic carbocycles. The fraction of sp³-hybridized carbons (Fsp3) is 0.0714. The van der Waals surface area contributed by atoms with Gasteiger partial charge < -0.3 is 4.90 Å². The van der Waals surface area contributed by atoms with Gasteiger partial charge in [-0.3, -0.25) is 0 Å². The lowest BCUT2D eigenvalue weighted by Gasteiger charge is -2.26. The Bertz CT molecular complexity index is 2360. The number of nitrogens with zero attached hydrogens (tertiary/aromatic N) is 2. The number of thiazole rings is 1. The smallest absolute Gasteiger partial charge is 0.125 e. The molecular weight excluding hydrogens is 565 g/mol. The van der Waals surface area contributed by atoms with E-state index >= 15 is 0 Å². The van der Waals surface area contributed by atoms with Gasteiger partial charge in [-0.25, -0.2) is 4.98 Å². The zero-order valence-electron chi connectivity index (χ0n) is 25.2. The molecule has 0 radical (unpaired) electrons. The van der Waals surface area contributed by atoms with Crippen molar-refractivity contribution in [1.82, 2.24) is 4.98 Å². The predicted octanol–water partition coefficient (Wildman–Crippen LogP) is 12.0. The second kappa shape index (κ2) is 9.88. The van der Waals surface area contributed by atoms with Crippen LogP contribution in [-0.4, -0.2) is 4.98 Å². The normalized spacial score (nSPS) is 13.3. The van der Waals surface area contributed by atoms with Crippen LogP contribution in [0.25, 0.3) is 53.5 Å². The highest BCUT2D eigenvalue weighted by molar-refractivity contribution is 7.21. The summed E-state index contributed by atoms with van der Waals surface area (Å²) in [5.74, 6) is 0. The summed E-state index contributed by atoms with van der Waals surface area (Å²) < 4.78 is 1.23. The molecular formula is C42H30N2S. The Morgan fingerprint density at radius 3 is 1.96 bits per heavy atom. The molecule has 8 aromatic rings. The summed E-state index contributed by atoms with van der Waals surface area (Å²) in [4.78, 5) is 7.53. The van der Waals surface area contributed by atoms with E-state index in [1.54, 1.807) is 11.3 Å². The number of hydrogen-bond acceptors (Lipinski definition) is 3. The van der Waals surface area contributed by atoms with E-state index in [1.165, 1.54) is 54.1 Å². The molecule has 9 rings (SSSR count). The van der Waals surface area contributed by atoms with E-state index in [2.05, 4.69) is 164 Å². The van der Waals surface area contributed by atoms with Crippen LogP contribution in [-0.2, 0) is 5.41 Å². The predicted molar refractivity (Wildman–Crippen MR) is 192 cm³/mol. The Morgan fingerprint density at radius 1 is 0.511 bits per heavy atom. The number of aromatic nitrogens is 1. The van der Waals surface area contributed by atoms with Gasteiger partial charge in [0, 0.05) is 28.0 Å². The van der Waals surface area contributed by atoms with Crippen molar-refractivity contribution in [3.8, 4) is 21.7 Å². The van der Waals surface area contributed by atoms with Gasteiger partial charge in [0.2, 0.25) is 0 Å². The summed E-state index contributed by atoms with van der Waals surface area (Å²) in [7, 11) is 0. The van der Waals surface area contributed by atoms with Crippen LogP contribution < -0.4 is 4.90 Å². The average molecular weight is 595 g/mol. The molecule has 0 fully saturated rings. The van der Waals surface area contributed by atoms with Crippen molar-refractivity contribution in [3.05, 3.63) is 157 Å². The van der Waals surface area contributed by atoms with E-state index in [-0.39, 0.29) is 5.41 Å². The molecule has 0 N–H and O–H groups in total. The first kappa shape index (κ1) is 26.2. The first-order valence-electron chi connectivity index (χ1n) is 15.5. The van der Waals surface area contributed by atoms with Gasteiger partial charge in [0.25, 0.3) is 0 Å². The zero-order valence-corrected chi connectivity index (χ0v) is 26.0. The van der Waals surface area contributed by atoms with E-state index < -0.39 is 0 Å². The maximum atomic E-state index is 5.20. The van der Waals surface area contributed by atoms with Crippen LogP contribution >= 0.6 is 11.3 Å². The Morgan fingerprint density at radius 2 is 1.18 bits per heavy atom. The summed E-state index contributed by atoms with van der Waals surface area (Å²) in [6, 6.07) is 52.8. The van der Waals surface area contributed by atoms with E-state index in [0.717, 1.165) is 27.6 Å². The fourth-order valence-corrected chi connectivity index (χ4v) is 8.18. The minimum atomic E-state index is -0.116. The van der Waals surface area contributed by atoms with Crippen molar-refractivity contribution in [2.45, 2.75) is 19.3 Å². The van der Waals surface area contributed by atoms with Crippen LogP contribution in [0, 0.1) is 0 Å². The van der Waals surface area contributed by atoms with Gasteiger partial charge in [0.15, 0.2) is 0 Å². The third-order valence-corrected chi connectivity index (χ3v) is 10.5. The average Bonchev–Trinajstić information content (AvgIpc) is 3.59. The molecule has 214 valence electrons. The first-order valence-corrected chi connectivity index (χ1v) is 16.3. The lowest BCUT2D eigenvalue weighted by Crippen LogP contribution is -2.15. The summed E-state index contributed by atoms with van der Waals surface area (Å²) in [5.41, 5.74) is 11.0. The van der Waals surface area contributed by atoms with E-state index in [9.17, 15) is 0 Å². The molecule has 0 saturated heterocycles. The molecule has 1 heterocycles. The minimum Gasteiger partial charge on any atom is -0.310 e. The van der Waals surface area contributed by atoms with Crippen molar-refractivity contribution in [2.24, 2.45) is 0 Å². The molecule has 0 bridgehead atoms. The van der Waals surface area contributed by atoms with Crippen LogP contribution in [0.2, 0.25) is 0 Å². The van der Waals surface area contributed by atoms with Crippen LogP contribution in [0.1, 0.15) is 25.0 Å². The third kappa shape index (κ3) is 4.12. The molecule has 2 nitrogen and oxygen atoms in total. The molecule has 3 heteroatoms. The van der Waals surface area contributed by atoms with Crippen LogP contribution in [0.4, 0.5) is 17.1 Å². The molecule has 0 saturated carbocycles. The number of anilines is 3. The molecule has 7 aromatic carbocycles. The summed E-state index contributed by atoms with van der Waals surface area (Å²) in [5, 5.41) is 6.08. The monoisotopic (exact) mass is 594 g/mol. The maximum Gasteiger partial charge on any atom is 0.125 e. The van der Waals surface area contributed by atoms with Crippen molar-refractivity contribution in [1.29, 1.82) is 0 Å². The molecule has 0 atom stereocenters. The minimum absolute atomic E-state index is 0.116. The van der Waals surface area contributed by atoms with Gasteiger partial charge in [-0.15, -0.1) is 11.3 Å². The number of para-hydroxylation sites is 2. The summed E-state index contributed by atoms with van der Waals surface area (Å²) in [6.07, 6.45) is 0. The SMILES string of the molecule is CC1(C)c2cc3ccc(N(c4ccccc4)c4ccccc4)cc3cc2-c2cc3sc(-c4cccc5ccccc45)nc3cc21. The Balaban J connectivity index is 1.20. The first-order chi connectivity index (χ1) is 22.0. The van der Waals surface area contributed by atoms with E-state index in [1.807, 2.05) is 0 Å². The van der Waals surface area contributed by atoms with Crippen LogP contribution in [0.5, 0.6) is 0 Å². The largest absolute Gasteiger partial charge is 0.310 e. The molecule has 0 aliphatic heterocycles. The second-order valence-electron chi connectivity index (χ2n) is 12.5. The standard InChI is InChI=1S/C42H30N2S/c1-42(2)37-24-28-20-21-32(44(30-14-5-3-6-15-30)31-16-7-4-8-17-31)22-29(28)23-35(37)36-25-40-39(26-38(36)42)43-41(45-40)34-19-11-13-27-12-9-10-18-33(27)34/h3-26H,1-2H3. The molecule has 0 spiro atoms. The van der Waals surface area contributed by atoms with Crippen LogP contribution in [0.15, 0.2) is 146 Å². The van der Waals surface area contributed by atoms with Gasteiger partial charge in [0.1, 0.15) is 5.01 Å². The highest BCUT2D eigenvalue weighted by atomic mass is 32.1. The molecule has 45 heavy (non-hydrogen) atoms. The summed E-state index contributed by atoms with van der Waals surface area (Å²) >= 11 is 1.79. The fourth-order valence-electron chi connectivity index (χ4n) is 7.15. The Labute approximate surface area is 266 Å².